The number of benzene rings is 1. The quantitative estimate of drug-likeness (QED) is 0.356. The van der Waals surface area contributed by atoms with Crippen LogP contribution < -0.4 is 10.1 Å². The van der Waals surface area contributed by atoms with Gasteiger partial charge in [0.15, 0.2) is 32.3 Å². The molecule has 2 N–H and O–H groups in total. The van der Waals surface area contributed by atoms with Gasteiger partial charge in [0.05, 0.1) is 19.1 Å². The first-order chi connectivity index (χ1) is 12.2. The topological polar surface area (TPSA) is 94.3 Å². The van der Waals surface area contributed by atoms with Gasteiger partial charge in [0.2, 0.25) is 0 Å². The van der Waals surface area contributed by atoms with Crippen molar-refractivity contribution in [3.05, 3.63) is 28.4 Å². The summed E-state index contributed by atoms with van der Waals surface area (Å²) in [5, 5.41) is 13.4. The standard InChI is InChI=1S/C16H16IN5O3/c1-24-10-5-2-4-9(13(10)23)19-14-12-15(21-16(17)20-14)22(8-18-12)11-6-3-7-25-11/h2,4-5,8,11,23H,3,6-7H2,1H3,(H,19,20,21). The maximum atomic E-state index is 10.3. The molecule has 1 fully saturated rings. The van der Waals surface area contributed by atoms with E-state index in [0.29, 0.717) is 32.2 Å². The lowest BCUT2D eigenvalue weighted by Gasteiger charge is -2.13. The van der Waals surface area contributed by atoms with Crippen molar-refractivity contribution in [3.63, 3.8) is 0 Å². The van der Waals surface area contributed by atoms with Crippen molar-refractivity contribution >= 4 is 45.3 Å². The summed E-state index contributed by atoms with van der Waals surface area (Å²) in [4.78, 5) is 13.4. The van der Waals surface area contributed by atoms with Crippen LogP contribution in [0.5, 0.6) is 11.5 Å². The van der Waals surface area contributed by atoms with Gasteiger partial charge in [0.25, 0.3) is 0 Å². The molecule has 0 aliphatic carbocycles. The van der Waals surface area contributed by atoms with Crippen LogP contribution >= 0.6 is 22.6 Å². The van der Waals surface area contributed by atoms with Gasteiger partial charge in [-0.05, 0) is 25.0 Å². The van der Waals surface area contributed by atoms with Crippen LogP contribution in [0, 0.1) is 3.83 Å². The largest absolute Gasteiger partial charge is 0.503 e. The van der Waals surface area contributed by atoms with Crippen molar-refractivity contribution < 1.29 is 14.6 Å². The number of nitrogens with zero attached hydrogens (tertiary/aromatic N) is 4. The van der Waals surface area contributed by atoms with Crippen molar-refractivity contribution in [2.45, 2.75) is 19.1 Å². The van der Waals surface area contributed by atoms with E-state index in [0.717, 1.165) is 19.4 Å². The minimum atomic E-state index is -0.0474. The molecule has 0 bridgehead atoms. The third kappa shape index (κ3) is 2.97. The van der Waals surface area contributed by atoms with E-state index in [1.165, 1.54) is 7.11 Å². The van der Waals surface area contributed by atoms with Gasteiger partial charge in [-0.1, -0.05) is 6.07 Å². The molecule has 0 spiro atoms. The summed E-state index contributed by atoms with van der Waals surface area (Å²) in [5.74, 6) is 0.926. The van der Waals surface area contributed by atoms with E-state index in [-0.39, 0.29) is 12.0 Å². The van der Waals surface area contributed by atoms with Gasteiger partial charge < -0.3 is 19.9 Å². The van der Waals surface area contributed by atoms with Crippen LogP contribution in [0.4, 0.5) is 11.5 Å². The Balaban J connectivity index is 1.77. The molecule has 3 aromatic rings. The van der Waals surface area contributed by atoms with Crippen LogP contribution in [-0.2, 0) is 4.74 Å². The first-order valence-corrected chi connectivity index (χ1v) is 8.90. The third-order valence-corrected chi connectivity index (χ3v) is 4.56. The summed E-state index contributed by atoms with van der Waals surface area (Å²) in [5.41, 5.74) is 1.82. The zero-order chi connectivity index (χ0) is 17.4. The first-order valence-electron chi connectivity index (χ1n) is 7.82. The van der Waals surface area contributed by atoms with Crippen molar-refractivity contribution in [2.75, 3.05) is 19.0 Å². The minimum absolute atomic E-state index is 0.0188. The molecular formula is C16H16IN5O3. The summed E-state index contributed by atoms with van der Waals surface area (Å²) in [7, 11) is 1.51. The summed E-state index contributed by atoms with van der Waals surface area (Å²) in [6, 6.07) is 5.22. The Kier molecular flexibility index (Phi) is 4.34. The number of methoxy groups -OCH3 is 1. The lowest BCUT2D eigenvalue weighted by Crippen LogP contribution is -2.08. The molecule has 1 aliphatic rings. The Labute approximate surface area is 157 Å². The fourth-order valence-electron chi connectivity index (χ4n) is 2.88. The number of fused-ring (bicyclic) bond motifs is 1. The number of halogens is 1. The Hall–Kier alpha value is -2.14. The van der Waals surface area contributed by atoms with Crippen LogP contribution in [0.3, 0.4) is 0 Å². The summed E-state index contributed by atoms with van der Waals surface area (Å²) in [6.45, 7) is 0.745. The van der Waals surface area contributed by atoms with Gasteiger partial charge in [0.1, 0.15) is 6.23 Å². The molecule has 130 valence electrons. The normalized spacial score (nSPS) is 17.1. The molecule has 0 radical (unpaired) electrons. The van der Waals surface area contributed by atoms with Crippen LogP contribution in [0.15, 0.2) is 24.5 Å². The van der Waals surface area contributed by atoms with Crippen LogP contribution in [0.1, 0.15) is 19.1 Å². The maximum absolute atomic E-state index is 10.3. The molecular weight excluding hydrogens is 437 g/mol. The van der Waals surface area contributed by atoms with Gasteiger partial charge in [0, 0.05) is 29.2 Å². The van der Waals surface area contributed by atoms with E-state index in [1.807, 2.05) is 4.57 Å². The van der Waals surface area contributed by atoms with E-state index >= 15 is 0 Å². The minimum Gasteiger partial charge on any atom is -0.503 e. The fraction of sp³-hybridized carbons (Fsp3) is 0.312. The summed E-state index contributed by atoms with van der Waals surface area (Å²) in [6.07, 6.45) is 3.64. The van der Waals surface area contributed by atoms with Gasteiger partial charge in [-0.15, -0.1) is 0 Å². The molecule has 1 unspecified atom stereocenters. The first kappa shape index (κ1) is 16.3. The molecule has 4 rings (SSSR count). The number of ether oxygens (including phenoxy) is 2. The zero-order valence-electron chi connectivity index (χ0n) is 13.4. The highest BCUT2D eigenvalue weighted by atomic mass is 127. The Morgan fingerprint density at radius 3 is 3.04 bits per heavy atom. The van der Waals surface area contributed by atoms with Crippen LogP contribution in [-0.4, -0.2) is 38.3 Å². The molecule has 25 heavy (non-hydrogen) atoms. The van der Waals surface area contributed by atoms with E-state index in [1.54, 1.807) is 24.5 Å². The number of nitrogens with one attached hydrogen (secondary N) is 1. The number of hydrogen-bond donors (Lipinski definition) is 2. The van der Waals surface area contributed by atoms with E-state index in [9.17, 15) is 5.11 Å². The highest BCUT2D eigenvalue weighted by Gasteiger charge is 2.22. The average Bonchev–Trinajstić information content (AvgIpc) is 3.25. The maximum Gasteiger partial charge on any atom is 0.194 e. The Morgan fingerprint density at radius 2 is 2.28 bits per heavy atom. The van der Waals surface area contributed by atoms with Gasteiger partial charge in [-0.2, -0.15) is 0 Å². The molecule has 9 heteroatoms. The summed E-state index contributed by atoms with van der Waals surface area (Å²) >= 11 is 2.07. The van der Waals surface area contributed by atoms with Crippen molar-refractivity contribution in [1.29, 1.82) is 0 Å². The second-order valence-corrected chi connectivity index (χ2v) is 6.58. The summed E-state index contributed by atoms with van der Waals surface area (Å²) < 4.78 is 13.4. The van der Waals surface area contributed by atoms with E-state index < -0.39 is 0 Å². The molecule has 8 nitrogen and oxygen atoms in total. The molecule has 1 atom stereocenters. The predicted molar refractivity (Wildman–Crippen MR) is 100 cm³/mol. The molecule has 1 saturated heterocycles. The van der Waals surface area contributed by atoms with Crippen molar-refractivity contribution in [2.24, 2.45) is 0 Å². The Morgan fingerprint density at radius 1 is 1.40 bits per heavy atom. The highest BCUT2D eigenvalue weighted by molar-refractivity contribution is 14.1. The predicted octanol–water partition coefficient (Wildman–Crippen LogP) is 3.20. The Bertz CT molecular complexity index is 924. The van der Waals surface area contributed by atoms with Gasteiger partial charge in [-0.3, -0.25) is 4.57 Å². The van der Waals surface area contributed by atoms with Crippen molar-refractivity contribution in [3.8, 4) is 11.5 Å². The number of hydrogen-bond acceptors (Lipinski definition) is 7. The number of phenols is 1. The van der Waals surface area contributed by atoms with Crippen LogP contribution in [0.2, 0.25) is 0 Å². The number of aromatic hydroxyl groups is 1. The molecule has 3 heterocycles. The fourth-order valence-corrected chi connectivity index (χ4v) is 3.35. The van der Waals surface area contributed by atoms with E-state index in [4.69, 9.17) is 9.47 Å². The molecule has 1 aliphatic heterocycles. The number of para-hydroxylation sites is 1. The molecule has 0 amide bonds. The second-order valence-electron chi connectivity index (χ2n) is 5.61. The number of phenolic OH excluding ortho intramolecular Hbond substituents is 1. The van der Waals surface area contributed by atoms with Gasteiger partial charge >= 0.3 is 0 Å². The second kappa shape index (κ2) is 6.64. The molecule has 1 aromatic carbocycles. The number of aromatic nitrogens is 4. The van der Waals surface area contributed by atoms with E-state index in [2.05, 4.69) is 42.9 Å². The van der Waals surface area contributed by atoms with Gasteiger partial charge in [-0.25, -0.2) is 15.0 Å². The number of anilines is 2. The average molecular weight is 453 g/mol. The molecule has 0 saturated carbocycles. The molecule has 2 aromatic heterocycles. The lowest BCUT2D eigenvalue weighted by molar-refractivity contribution is 0.0592. The smallest absolute Gasteiger partial charge is 0.194 e. The third-order valence-electron chi connectivity index (χ3n) is 4.08. The van der Waals surface area contributed by atoms with Crippen molar-refractivity contribution in [1.82, 2.24) is 19.5 Å². The number of rotatable bonds is 4. The highest BCUT2D eigenvalue weighted by Crippen LogP contribution is 2.36. The zero-order valence-corrected chi connectivity index (χ0v) is 15.6. The number of imidazole rings is 1. The monoisotopic (exact) mass is 453 g/mol. The lowest BCUT2D eigenvalue weighted by atomic mass is 10.2. The van der Waals surface area contributed by atoms with Crippen LogP contribution in [0.25, 0.3) is 11.2 Å². The SMILES string of the molecule is COc1cccc(Nc2nc(I)nc3c2ncn3C2CCCO2)c1O.